The van der Waals surface area contributed by atoms with Crippen LogP contribution in [0.25, 0.3) is 134 Å². The molecule has 0 radical (unpaired) electrons. The summed E-state index contributed by atoms with van der Waals surface area (Å²) >= 11 is 0. The van der Waals surface area contributed by atoms with Gasteiger partial charge in [-0.2, -0.15) is 0 Å². The zero-order valence-corrected chi connectivity index (χ0v) is 36.5. The van der Waals surface area contributed by atoms with Crippen molar-refractivity contribution >= 4 is 44.1 Å². The third-order valence-electron chi connectivity index (χ3n) is 12.8. The zero-order valence-electron chi connectivity index (χ0n) is 36.5. The van der Waals surface area contributed by atoms with Crippen LogP contribution in [0.3, 0.4) is 0 Å². The highest BCUT2D eigenvalue weighted by Gasteiger charge is 2.21. The Balaban J connectivity index is 0.846. The first kappa shape index (κ1) is 39.1. The molecule has 0 saturated heterocycles. The minimum Gasteiger partial charge on any atom is -0.452 e. The average molecular weight is 871 g/mol. The second kappa shape index (κ2) is 16.3. The Kier molecular flexibility index (Phi) is 9.39. The molecule has 0 fully saturated rings. The van der Waals surface area contributed by atoms with Gasteiger partial charge in [0.1, 0.15) is 33.6 Å². The Hall–Kier alpha value is -9.26. The summed E-state index contributed by atoms with van der Waals surface area (Å²) in [7, 11) is 0. The standard InChI is InChI=1S/C62H38N4O2/c1-3-13-39(14-4-1)41-27-33-45(34-28-41)61-63-55(59-57(65-61)51-21-7-9-23-53(51)67-59)44-31-25-43(26-32-44)47-17-11-18-48(37-47)49-19-12-20-50(38-49)56-60-58(52-22-8-10-24-54(52)68-60)66-62(64-56)46-35-29-42(30-36-46)40-15-5-2-6-16-40/h1-38H. The van der Waals surface area contributed by atoms with E-state index in [9.17, 15) is 0 Å². The predicted octanol–water partition coefficient (Wildman–Crippen LogP) is 16.4. The van der Waals surface area contributed by atoms with Gasteiger partial charge >= 0.3 is 0 Å². The van der Waals surface area contributed by atoms with Crippen LogP contribution in [0.2, 0.25) is 0 Å². The van der Waals surface area contributed by atoms with E-state index >= 15 is 0 Å². The van der Waals surface area contributed by atoms with Gasteiger partial charge in [0.2, 0.25) is 0 Å². The Morgan fingerprint density at radius 3 is 1.04 bits per heavy atom. The summed E-state index contributed by atoms with van der Waals surface area (Å²) in [6.07, 6.45) is 0. The molecule has 6 heteroatoms. The number of hydrogen-bond donors (Lipinski definition) is 0. The molecule has 0 aliphatic rings. The first-order valence-electron chi connectivity index (χ1n) is 22.7. The number of rotatable bonds is 8. The van der Waals surface area contributed by atoms with Crippen LogP contribution in [0.4, 0.5) is 0 Å². The molecule has 0 unspecified atom stereocenters. The monoisotopic (exact) mass is 870 g/mol. The summed E-state index contributed by atoms with van der Waals surface area (Å²) in [6.45, 7) is 0. The van der Waals surface area contributed by atoms with Crippen molar-refractivity contribution in [1.29, 1.82) is 0 Å². The lowest BCUT2D eigenvalue weighted by molar-refractivity contribution is 0.667. The van der Waals surface area contributed by atoms with E-state index in [1.165, 1.54) is 5.56 Å². The first-order chi connectivity index (χ1) is 33.7. The molecule has 0 spiro atoms. The van der Waals surface area contributed by atoms with Crippen LogP contribution < -0.4 is 0 Å². The number of aromatic nitrogens is 4. The fourth-order valence-electron chi connectivity index (χ4n) is 9.26. The summed E-state index contributed by atoms with van der Waals surface area (Å²) in [6, 6.07) is 79.5. The molecule has 13 aromatic rings. The molecule has 0 aliphatic carbocycles. The van der Waals surface area contributed by atoms with Gasteiger partial charge in [0.15, 0.2) is 22.8 Å². The van der Waals surface area contributed by atoms with Crippen LogP contribution in [0.15, 0.2) is 239 Å². The van der Waals surface area contributed by atoms with Gasteiger partial charge < -0.3 is 8.83 Å². The fourth-order valence-corrected chi connectivity index (χ4v) is 9.26. The van der Waals surface area contributed by atoms with Crippen LogP contribution in [-0.4, -0.2) is 19.9 Å². The van der Waals surface area contributed by atoms with Gasteiger partial charge in [0, 0.05) is 33.0 Å². The van der Waals surface area contributed by atoms with Crippen LogP contribution in [0, 0.1) is 0 Å². The lowest BCUT2D eigenvalue weighted by atomic mass is 9.96. The zero-order chi connectivity index (χ0) is 45.0. The van der Waals surface area contributed by atoms with Crippen molar-refractivity contribution < 1.29 is 8.83 Å². The lowest BCUT2D eigenvalue weighted by Gasteiger charge is -2.11. The molecule has 0 saturated carbocycles. The van der Waals surface area contributed by atoms with Crippen molar-refractivity contribution in [2.75, 3.05) is 0 Å². The number of para-hydroxylation sites is 2. The molecule has 0 amide bonds. The van der Waals surface area contributed by atoms with Crippen LogP contribution in [-0.2, 0) is 0 Å². The first-order valence-corrected chi connectivity index (χ1v) is 22.7. The molecule has 4 heterocycles. The largest absolute Gasteiger partial charge is 0.452 e. The summed E-state index contributed by atoms with van der Waals surface area (Å²) in [5, 5.41) is 1.92. The van der Waals surface area contributed by atoms with Crippen molar-refractivity contribution in [3.05, 3.63) is 231 Å². The minimum absolute atomic E-state index is 0.645. The van der Waals surface area contributed by atoms with Crippen LogP contribution >= 0.6 is 0 Å². The Labute approximate surface area is 391 Å². The quantitative estimate of drug-likeness (QED) is 0.151. The molecule has 68 heavy (non-hydrogen) atoms. The molecule has 0 bridgehead atoms. The SMILES string of the molecule is c1ccc(-c2ccc(-c3nc(-c4ccc(-c5cccc(-c6cccc(-c7nc(-c8ccc(-c9ccccc9)cc8)nc8c7oc7ccccc78)c6)c5)cc4)c4oc5ccccc5c4n3)cc2)cc1. The summed E-state index contributed by atoms with van der Waals surface area (Å²) in [5.41, 5.74) is 18.7. The summed E-state index contributed by atoms with van der Waals surface area (Å²) in [5.74, 6) is 1.29. The van der Waals surface area contributed by atoms with E-state index in [0.717, 1.165) is 106 Å². The van der Waals surface area contributed by atoms with E-state index in [0.29, 0.717) is 22.8 Å². The highest BCUT2D eigenvalue weighted by atomic mass is 16.3. The van der Waals surface area contributed by atoms with Gasteiger partial charge in [-0.1, -0.05) is 194 Å². The van der Waals surface area contributed by atoms with Gasteiger partial charge in [0.25, 0.3) is 0 Å². The van der Waals surface area contributed by atoms with Crippen molar-refractivity contribution in [2.24, 2.45) is 0 Å². The third kappa shape index (κ3) is 7.00. The van der Waals surface area contributed by atoms with E-state index in [2.05, 4.69) is 182 Å². The van der Waals surface area contributed by atoms with E-state index in [-0.39, 0.29) is 0 Å². The lowest BCUT2D eigenvalue weighted by Crippen LogP contribution is -1.94. The maximum absolute atomic E-state index is 6.52. The number of benzene rings is 9. The molecule has 4 aromatic heterocycles. The average Bonchev–Trinajstić information content (AvgIpc) is 4.00. The normalized spacial score (nSPS) is 11.5. The molecule has 318 valence electrons. The van der Waals surface area contributed by atoms with Crippen molar-refractivity contribution in [3.63, 3.8) is 0 Å². The predicted molar refractivity (Wildman–Crippen MR) is 276 cm³/mol. The fraction of sp³-hybridized carbons (Fsp3) is 0. The van der Waals surface area contributed by atoms with Crippen molar-refractivity contribution in [1.82, 2.24) is 19.9 Å². The smallest absolute Gasteiger partial charge is 0.180 e. The molecule has 13 rings (SSSR count). The topological polar surface area (TPSA) is 77.8 Å². The number of hydrogen-bond acceptors (Lipinski definition) is 6. The molecule has 0 N–H and O–H groups in total. The van der Waals surface area contributed by atoms with Crippen LogP contribution in [0.5, 0.6) is 0 Å². The van der Waals surface area contributed by atoms with E-state index in [4.69, 9.17) is 28.8 Å². The summed E-state index contributed by atoms with van der Waals surface area (Å²) in [4.78, 5) is 20.6. The second-order valence-electron chi connectivity index (χ2n) is 17.0. The highest BCUT2D eigenvalue weighted by Crippen LogP contribution is 2.39. The Morgan fingerprint density at radius 1 is 0.235 bits per heavy atom. The Morgan fingerprint density at radius 2 is 0.559 bits per heavy atom. The van der Waals surface area contributed by atoms with Gasteiger partial charge in [-0.15, -0.1) is 0 Å². The minimum atomic E-state index is 0.645. The highest BCUT2D eigenvalue weighted by molar-refractivity contribution is 6.08. The summed E-state index contributed by atoms with van der Waals surface area (Å²) < 4.78 is 13.0. The van der Waals surface area contributed by atoms with Gasteiger partial charge in [-0.25, -0.2) is 19.9 Å². The van der Waals surface area contributed by atoms with Crippen LogP contribution in [0.1, 0.15) is 0 Å². The number of furan rings is 2. The van der Waals surface area contributed by atoms with Crippen molar-refractivity contribution in [3.8, 4) is 89.8 Å². The molecule has 6 nitrogen and oxygen atoms in total. The second-order valence-corrected chi connectivity index (χ2v) is 17.0. The maximum Gasteiger partial charge on any atom is 0.180 e. The maximum atomic E-state index is 6.52. The van der Waals surface area contributed by atoms with Crippen molar-refractivity contribution in [2.45, 2.75) is 0 Å². The van der Waals surface area contributed by atoms with Gasteiger partial charge in [0.05, 0.1) is 0 Å². The molecule has 0 atom stereocenters. The van der Waals surface area contributed by atoms with E-state index < -0.39 is 0 Å². The third-order valence-corrected chi connectivity index (χ3v) is 12.8. The molecule has 0 aliphatic heterocycles. The number of nitrogens with zero attached hydrogens (tertiary/aromatic N) is 4. The molecular weight excluding hydrogens is 833 g/mol. The Bertz CT molecular complexity index is 3990. The van der Waals surface area contributed by atoms with Gasteiger partial charge in [-0.3, -0.25) is 0 Å². The van der Waals surface area contributed by atoms with Gasteiger partial charge in [-0.05, 0) is 80.9 Å². The molecular formula is C62H38N4O2. The molecule has 9 aromatic carbocycles. The number of fused-ring (bicyclic) bond motifs is 6. The van der Waals surface area contributed by atoms with E-state index in [1.807, 2.05) is 48.5 Å². The van der Waals surface area contributed by atoms with E-state index in [1.54, 1.807) is 0 Å².